The van der Waals surface area contributed by atoms with Gasteiger partial charge in [0.25, 0.3) is 5.91 Å². The van der Waals surface area contributed by atoms with E-state index < -0.39 is 0 Å². The lowest BCUT2D eigenvalue weighted by molar-refractivity contribution is 0.0949. The van der Waals surface area contributed by atoms with Gasteiger partial charge >= 0.3 is 0 Å². The molecule has 0 saturated carbocycles. The van der Waals surface area contributed by atoms with Gasteiger partial charge in [-0.05, 0) is 12.1 Å². The summed E-state index contributed by atoms with van der Waals surface area (Å²) >= 11 is 5.62. The van der Waals surface area contributed by atoms with Crippen LogP contribution in [0.4, 0.5) is 5.69 Å². The van der Waals surface area contributed by atoms with Crippen LogP contribution >= 0.6 is 11.6 Å². The second-order valence-electron chi connectivity index (χ2n) is 4.24. The highest BCUT2D eigenvalue weighted by Gasteiger charge is 2.07. The summed E-state index contributed by atoms with van der Waals surface area (Å²) < 4.78 is 0. The zero-order chi connectivity index (χ0) is 14.4. The highest BCUT2D eigenvalue weighted by atomic mass is 35.5. The predicted molar refractivity (Wildman–Crippen MR) is 79.1 cm³/mol. The molecular weight excluding hydrogens is 276 g/mol. The minimum atomic E-state index is -0.254. The molecule has 1 N–H and O–H groups in total. The summed E-state index contributed by atoms with van der Waals surface area (Å²) in [5.74, 6) is -0.254. The Hall–Kier alpha value is -2.14. The maximum atomic E-state index is 11.8. The number of aromatic nitrogens is 2. The second-order valence-corrected chi connectivity index (χ2v) is 4.62. The van der Waals surface area contributed by atoms with Crippen LogP contribution in [0.2, 0.25) is 5.15 Å². The first-order valence-corrected chi connectivity index (χ1v) is 6.56. The number of amides is 1. The fraction of sp³-hybridized carbons (Fsp3) is 0.214. The number of benzene rings is 1. The third-order valence-corrected chi connectivity index (χ3v) is 2.98. The second kappa shape index (κ2) is 6.86. The summed E-state index contributed by atoms with van der Waals surface area (Å²) in [4.78, 5) is 21.6. The molecule has 0 aliphatic carbocycles. The highest BCUT2D eigenvalue weighted by Crippen LogP contribution is 2.09. The van der Waals surface area contributed by atoms with Crippen LogP contribution in [0.5, 0.6) is 0 Å². The van der Waals surface area contributed by atoms with Gasteiger partial charge in [-0.15, -0.1) is 0 Å². The number of halogens is 1. The number of carbonyl (C=O) groups excluding carboxylic acids is 1. The predicted octanol–water partition coefficient (Wildman–Crippen LogP) is 2.00. The first kappa shape index (κ1) is 14.3. The zero-order valence-corrected chi connectivity index (χ0v) is 11.8. The molecule has 0 aliphatic heterocycles. The molecule has 1 amide bonds. The number of carbonyl (C=O) groups is 1. The molecule has 2 aromatic rings. The summed E-state index contributed by atoms with van der Waals surface area (Å²) in [5, 5.41) is 3.06. The van der Waals surface area contributed by atoms with E-state index in [2.05, 4.69) is 20.2 Å². The molecule has 0 aliphatic rings. The molecule has 1 aromatic heterocycles. The van der Waals surface area contributed by atoms with Crippen LogP contribution in [0.3, 0.4) is 0 Å². The van der Waals surface area contributed by atoms with Gasteiger partial charge in [0.05, 0.1) is 12.4 Å². The summed E-state index contributed by atoms with van der Waals surface area (Å²) in [7, 11) is 1.98. The summed E-state index contributed by atoms with van der Waals surface area (Å²) in [5.41, 5.74) is 1.37. The van der Waals surface area contributed by atoms with Crippen LogP contribution in [0.25, 0.3) is 0 Å². The summed E-state index contributed by atoms with van der Waals surface area (Å²) in [6.07, 6.45) is 2.71. The van der Waals surface area contributed by atoms with E-state index in [0.29, 0.717) is 13.1 Å². The maximum absolute atomic E-state index is 11.8. The van der Waals surface area contributed by atoms with Crippen LogP contribution in [-0.4, -0.2) is 36.0 Å². The summed E-state index contributed by atoms with van der Waals surface area (Å²) in [6, 6.07) is 9.97. The van der Waals surface area contributed by atoms with Crippen molar-refractivity contribution in [1.29, 1.82) is 0 Å². The smallest absolute Gasteiger partial charge is 0.271 e. The van der Waals surface area contributed by atoms with Crippen molar-refractivity contribution in [3.8, 4) is 0 Å². The molecule has 6 heteroatoms. The molecule has 0 radical (unpaired) electrons. The van der Waals surface area contributed by atoms with Crippen LogP contribution < -0.4 is 10.2 Å². The van der Waals surface area contributed by atoms with Crippen LogP contribution in [0, 0.1) is 0 Å². The normalized spacial score (nSPS) is 10.1. The third kappa shape index (κ3) is 3.93. The van der Waals surface area contributed by atoms with Crippen LogP contribution in [0.1, 0.15) is 10.5 Å². The zero-order valence-electron chi connectivity index (χ0n) is 11.1. The van der Waals surface area contributed by atoms with Gasteiger partial charge in [0.1, 0.15) is 10.8 Å². The van der Waals surface area contributed by atoms with E-state index in [4.69, 9.17) is 11.6 Å². The molecule has 0 fully saturated rings. The molecule has 0 spiro atoms. The lowest BCUT2D eigenvalue weighted by Gasteiger charge is -2.19. The first-order chi connectivity index (χ1) is 9.66. The molecule has 104 valence electrons. The van der Waals surface area contributed by atoms with Gasteiger partial charge in [-0.3, -0.25) is 4.79 Å². The van der Waals surface area contributed by atoms with E-state index in [1.54, 1.807) is 0 Å². The Morgan fingerprint density at radius 2 is 2.00 bits per heavy atom. The maximum Gasteiger partial charge on any atom is 0.271 e. The Morgan fingerprint density at radius 3 is 2.65 bits per heavy atom. The van der Waals surface area contributed by atoms with Gasteiger partial charge < -0.3 is 10.2 Å². The van der Waals surface area contributed by atoms with Crippen molar-refractivity contribution >= 4 is 23.2 Å². The molecule has 1 aromatic carbocycles. The van der Waals surface area contributed by atoms with Crippen LogP contribution in [0.15, 0.2) is 42.7 Å². The number of likely N-dealkylation sites (N-methyl/N-ethyl adjacent to an activating group) is 1. The Labute approximate surface area is 122 Å². The fourth-order valence-corrected chi connectivity index (χ4v) is 1.77. The SMILES string of the molecule is CN(CCNC(=O)c1cnc(Cl)cn1)c1ccccc1. The molecule has 20 heavy (non-hydrogen) atoms. The first-order valence-electron chi connectivity index (χ1n) is 6.19. The number of hydrogen-bond acceptors (Lipinski definition) is 4. The number of rotatable bonds is 5. The van der Waals surface area contributed by atoms with Crippen molar-refractivity contribution in [1.82, 2.24) is 15.3 Å². The van der Waals surface area contributed by atoms with Crippen molar-refractivity contribution in [2.75, 3.05) is 25.0 Å². The largest absolute Gasteiger partial charge is 0.373 e. The summed E-state index contributed by atoms with van der Waals surface area (Å²) in [6.45, 7) is 1.23. The molecular formula is C14H15ClN4O. The molecule has 2 rings (SSSR count). The molecule has 0 bridgehead atoms. The third-order valence-electron chi connectivity index (χ3n) is 2.78. The van der Waals surface area contributed by atoms with Gasteiger partial charge in [0.15, 0.2) is 0 Å². The van der Waals surface area contributed by atoms with Gasteiger partial charge in [0, 0.05) is 25.8 Å². The van der Waals surface area contributed by atoms with E-state index in [1.807, 2.05) is 37.4 Å². The highest BCUT2D eigenvalue weighted by molar-refractivity contribution is 6.29. The van der Waals surface area contributed by atoms with E-state index in [-0.39, 0.29) is 16.8 Å². The lowest BCUT2D eigenvalue weighted by Crippen LogP contribution is -2.33. The van der Waals surface area contributed by atoms with Crippen molar-refractivity contribution in [3.05, 3.63) is 53.6 Å². The van der Waals surface area contributed by atoms with Gasteiger partial charge in [-0.25, -0.2) is 9.97 Å². The Balaban J connectivity index is 1.81. The Bertz CT molecular complexity index is 559. The van der Waals surface area contributed by atoms with Crippen molar-refractivity contribution < 1.29 is 4.79 Å². The van der Waals surface area contributed by atoms with Gasteiger partial charge in [0.2, 0.25) is 0 Å². The van der Waals surface area contributed by atoms with E-state index in [0.717, 1.165) is 5.69 Å². The number of nitrogens with one attached hydrogen (secondary N) is 1. The van der Waals surface area contributed by atoms with E-state index >= 15 is 0 Å². The van der Waals surface area contributed by atoms with Crippen LogP contribution in [-0.2, 0) is 0 Å². The van der Waals surface area contributed by atoms with Gasteiger partial charge in [-0.2, -0.15) is 0 Å². The standard InChI is InChI=1S/C14H15ClN4O/c1-19(11-5-3-2-4-6-11)8-7-16-14(20)12-9-18-13(15)10-17-12/h2-6,9-10H,7-8H2,1H3,(H,16,20). The van der Waals surface area contributed by atoms with Gasteiger partial charge in [-0.1, -0.05) is 29.8 Å². The molecule has 0 atom stereocenters. The monoisotopic (exact) mass is 290 g/mol. The van der Waals surface area contributed by atoms with E-state index in [1.165, 1.54) is 12.4 Å². The minimum Gasteiger partial charge on any atom is -0.373 e. The number of anilines is 1. The van der Waals surface area contributed by atoms with Crippen molar-refractivity contribution in [2.24, 2.45) is 0 Å². The average molecular weight is 291 g/mol. The lowest BCUT2D eigenvalue weighted by atomic mass is 10.3. The quantitative estimate of drug-likeness (QED) is 0.915. The van der Waals surface area contributed by atoms with E-state index in [9.17, 15) is 4.79 Å². The topological polar surface area (TPSA) is 58.1 Å². The van der Waals surface area contributed by atoms with Crippen molar-refractivity contribution in [3.63, 3.8) is 0 Å². The fourth-order valence-electron chi connectivity index (χ4n) is 1.67. The minimum absolute atomic E-state index is 0.254. The average Bonchev–Trinajstić information content (AvgIpc) is 2.48. The van der Waals surface area contributed by atoms with Crippen molar-refractivity contribution in [2.45, 2.75) is 0 Å². The Kier molecular flexibility index (Phi) is 4.90. The molecule has 0 saturated heterocycles. The molecule has 1 heterocycles. The number of hydrogen-bond donors (Lipinski definition) is 1. The molecule has 5 nitrogen and oxygen atoms in total. The number of para-hydroxylation sites is 1. The number of nitrogens with zero attached hydrogens (tertiary/aromatic N) is 3. The molecule has 0 unspecified atom stereocenters. The Morgan fingerprint density at radius 1 is 1.25 bits per heavy atom.